The number of hydrogen-bond acceptors (Lipinski definition) is 4. The van der Waals surface area contributed by atoms with Crippen molar-refractivity contribution in [2.45, 2.75) is 30.3 Å². The molecule has 1 aromatic rings. The molecule has 0 amide bonds. The average molecular weight is 457 g/mol. The molecule has 1 saturated heterocycles. The van der Waals surface area contributed by atoms with Crippen LogP contribution in [0.5, 0.6) is 0 Å². The van der Waals surface area contributed by atoms with E-state index in [0.29, 0.717) is 30.7 Å². The van der Waals surface area contributed by atoms with Crippen molar-refractivity contribution in [1.29, 1.82) is 0 Å². The van der Waals surface area contributed by atoms with E-state index in [9.17, 15) is 8.42 Å². The van der Waals surface area contributed by atoms with Crippen LogP contribution in [0.25, 0.3) is 0 Å². The lowest BCUT2D eigenvalue weighted by atomic mass is 10.2. The summed E-state index contributed by atoms with van der Waals surface area (Å²) in [6.07, 6.45) is 2.96. The molecule has 1 fully saturated rings. The first-order valence-electron chi connectivity index (χ1n) is 7.13. The third kappa shape index (κ3) is 5.58. The van der Waals surface area contributed by atoms with E-state index >= 15 is 0 Å². The van der Waals surface area contributed by atoms with Crippen molar-refractivity contribution in [3.63, 3.8) is 0 Å². The molecule has 0 aliphatic carbocycles. The average Bonchev–Trinajstić information content (AvgIpc) is 2.98. The molecule has 5 nitrogen and oxygen atoms in total. The van der Waals surface area contributed by atoms with Crippen LogP contribution in [0.2, 0.25) is 0 Å². The fourth-order valence-electron chi connectivity index (χ4n) is 2.13. The van der Waals surface area contributed by atoms with E-state index < -0.39 is 10.0 Å². The van der Waals surface area contributed by atoms with Crippen LogP contribution in [-0.2, 0) is 19.5 Å². The number of ether oxygens (including phenoxy) is 2. The molecule has 1 aromatic carbocycles. The van der Waals surface area contributed by atoms with E-state index in [4.69, 9.17) is 9.47 Å². The summed E-state index contributed by atoms with van der Waals surface area (Å²) in [4.78, 5) is 0.224. The zero-order valence-electron chi connectivity index (χ0n) is 12.1. The van der Waals surface area contributed by atoms with Gasteiger partial charge in [0.25, 0.3) is 0 Å². The Labute approximate surface area is 148 Å². The molecular formula is C14H19Br2NO4S. The molecule has 1 heterocycles. The highest BCUT2D eigenvalue weighted by molar-refractivity contribution is 9.11. The Balaban J connectivity index is 1.72. The maximum absolute atomic E-state index is 12.2. The van der Waals surface area contributed by atoms with Gasteiger partial charge in [0.15, 0.2) is 0 Å². The van der Waals surface area contributed by atoms with Gasteiger partial charge in [0.05, 0.1) is 17.6 Å². The van der Waals surface area contributed by atoms with Crippen molar-refractivity contribution < 1.29 is 17.9 Å². The SMILES string of the molecule is O=S(=O)(NCCCOC[C@@H]1CCCO1)c1cc(Br)ccc1Br. The first kappa shape index (κ1) is 18.4. The quantitative estimate of drug-likeness (QED) is 0.610. The van der Waals surface area contributed by atoms with Gasteiger partial charge in [0.2, 0.25) is 10.0 Å². The molecule has 22 heavy (non-hydrogen) atoms. The molecule has 8 heteroatoms. The predicted molar refractivity (Wildman–Crippen MR) is 91.4 cm³/mol. The zero-order valence-corrected chi connectivity index (χ0v) is 16.0. The Morgan fingerprint density at radius 3 is 2.91 bits per heavy atom. The molecule has 1 atom stereocenters. The van der Waals surface area contributed by atoms with Crippen LogP contribution in [0.3, 0.4) is 0 Å². The largest absolute Gasteiger partial charge is 0.379 e. The first-order chi connectivity index (χ1) is 10.5. The van der Waals surface area contributed by atoms with Crippen molar-refractivity contribution in [3.05, 3.63) is 27.1 Å². The Morgan fingerprint density at radius 2 is 2.18 bits per heavy atom. The van der Waals surface area contributed by atoms with Crippen molar-refractivity contribution in [3.8, 4) is 0 Å². The maximum Gasteiger partial charge on any atom is 0.241 e. The number of rotatable bonds is 8. The van der Waals surface area contributed by atoms with Gasteiger partial charge >= 0.3 is 0 Å². The van der Waals surface area contributed by atoms with Gasteiger partial charge in [-0.15, -0.1) is 0 Å². The second-order valence-electron chi connectivity index (χ2n) is 5.04. The summed E-state index contributed by atoms with van der Waals surface area (Å²) in [7, 11) is -3.52. The lowest BCUT2D eigenvalue weighted by Crippen LogP contribution is -2.26. The predicted octanol–water partition coefficient (Wildman–Crippen LogP) is 3.08. The topological polar surface area (TPSA) is 64.6 Å². The monoisotopic (exact) mass is 455 g/mol. The second-order valence-corrected chi connectivity index (χ2v) is 8.54. The lowest BCUT2D eigenvalue weighted by molar-refractivity contribution is 0.0169. The summed E-state index contributed by atoms with van der Waals surface area (Å²) in [6, 6.07) is 5.05. The minimum atomic E-state index is -3.52. The molecule has 0 spiro atoms. The van der Waals surface area contributed by atoms with Crippen molar-refractivity contribution in [2.75, 3.05) is 26.4 Å². The summed E-state index contributed by atoms with van der Waals surface area (Å²) in [6.45, 7) is 2.26. The standard InChI is InChI=1S/C14H19Br2NO4S/c15-11-4-5-13(16)14(9-11)22(18,19)17-6-2-7-20-10-12-3-1-8-21-12/h4-5,9,12,17H,1-3,6-8,10H2/t12-/m0/s1. The van der Waals surface area contributed by atoms with E-state index in [0.717, 1.165) is 23.9 Å². The van der Waals surface area contributed by atoms with E-state index in [1.165, 1.54) is 0 Å². The third-order valence-corrected chi connectivity index (χ3v) is 6.22. The van der Waals surface area contributed by atoms with Crippen molar-refractivity contribution in [1.82, 2.24) is 4.72 Å². The van der Waals surface area contributed by atoms with Gasteiger partial charge in [-0.05, 0) is 53.4 Å². The van der Waals surface area contributed by atoms with Crippen LogP contribution in [0, 0.1) is 0 Å². The fraction of sp³-hybridized carbons (Fsp3) is 0.571. The highest BCUT2D eigenvalue weighted by Gasteiger charge is 2.18. The van der Waals surface area contributed by atoms with Crippen molar-refractivity contribution in [2.24, 2.45) is 0 Å². The Hall–Kier alpha value is 0.01000. The smallest absolute Gasteiger partial charge is 0.241 e. The van der Waals surface area contributed by atoms with Crippen molar-refractivity contribution >= 4 is 41.9 Å². The van der Waals surface area contributed by atoms with Crippen LogP contribution in [0.15, 0.2) is 32.0 Å². The Morgan fingerprint density at radius 1 is 1.36 bits per heavy atom. The van der Waals surface area contributed by atoms with Gasteiger partial charge < -0.3 is 9.47 Å². The minimum Gasteiger partial charge on any atom is -0.379 e. The van der Waals surface area contributed by atoms with Gasteiger partial charge in [-0.1, -0.05) is 15.9 Å². The maximum atomic E-state index is 12.2. The van der Waals surface area contributed by atoms with Crippen LogP contribution in [0.1, 0.15) is 19.3 Å². The van der Waals surface area contributed by atoms with E-state index in [2.05, 4.69) is 36.6 Å². The first-order valence-corrected chi connectivity index (χ1v) is 10.2. The zero-order chi connectivity index (χ0) is 16.0. The number of sulfonamides is 1. The summed E-state index contributed by atoms with van der Waals surface area (Å²) in [5, 5.41) is 0. The van der Waals surface area contributed by atoms with Crippen LogP contribution < -0.4 is 4.72 Å². The number of hydrogen-bond donors (Lipinski definition) is 1. The summed E-state index contributed by atoms with van der Waals surface area (Å²) in [5.41, 5.74) is 0. The Bertz CT molecular complexity index is 589. The highest BCUT2D eigenvalue weighted by Crippen LogP contribution is 2.25. The second kappa shape index (κ2) is 8.75. The molecule has 0 saturated carbocycles. The highest BCUT2D eigenvalue weighted by atomic mass is 79.9. The number of benzene rings is 1. The van der Waals surface area contributed by atoms with Gasteiger partial charge in [-0.25, -0.2) is 13.1 Å². The lowest BCUT2D eigenvalue weighted by Gasteiger charge is -2.11. The van der Waals surface area contributed by atoms with Gasteiger partial charge in [-0.2, -0.15) is 0 Å². The molecule has 0 unspecified atom stereocenters. The summed E-state index contributed by atoms with van der Waals surface area (Å²) in [5.74, 6) is 0. The van der Waals surface area contributed by atoms with E-state index in [-0.39, 0.29) is 11.0 Å². The number of nitrogens with one attached hydrogen (secondary N) is 1. The molecule has 1 aliphatic rings. The molecule has 1 N–H and O–H groups in total. The van der Waals surface area contributed by atoms with Crippen LogP contribution in [-0.4, -0.2) is 40.9 Å². The molecule has 2 rings (SSSR count). The Kier molecular flexibility index (Phi) is 7.30. The number of halogens is 2. The molecule has 0 bridgehead atoms. The summed E-state index contributed by atoms with van der Waals surface area (Å²) < 4.78 is 39.2. The third-order valence-electron chi connectivity index (χ3n) is 3.27. The summed E-state index contributed by atoms with van der Waals surface area (Å²) >= 11 is 6.54. The van der Waals surface area contributed by atoms with E-state index in [1.54, 1.807) is 18.2 Å². The van der Waals surface area contributed by atoms with Crippen LogP contribution in [0.4, 0.5) is 0 Å². The molecule has 1 aliphatic heterocycles. The fourth-order valence-corrected chi connectivity index (χ4v) is 4.71. The normalized spacial score (nSPS) is 18.7. The molecule has 0 radical (unpaired) electrons. The molecule has 124 valence electrons. The minimum absolute atomic E-state index is 0.203. The van der Waals surface area contributed by atoms with E-state index in [1.807, 2.05) is 0 Å². The van der Waals surface area contributed by atoms with Gasteiger partial charge in [-0.3, -0.25) is 0 Å². The van der Waals surface area contributed by atoms with Crippen LogP contribution >= 0.6 is 31.9 Å². The van der Waals surface area contributed by atoms with Gasteiger partial charge in [0.1, 0.15) is 0 Å². The van der Waals surface area contributed by atoms with Gasteiger partial charge in [0, 0.05) is 28.7 Å². The molecular weight excluding hydrogens is 438 g/mol. The molecule has 0 aromatic heterocycles.